The molecular formula is C29H21Cl2NO4S. The third kappa shape index (κ3) is 5.77. The van der Waals surface area contributed by atoms with E-state index in [2.05, 4.69) is 0 Å². The number of halogens is 2. The van der Waals surface area contributed by atoms with Gasteiger partial charge >= 0.3 is 0 Å². The molecule has 1 fully saturated rings. The number of hydrogen-bond donors (Lipinski definition) is 0. The molecule has 0 atom stereocenters. The highest BCUT2D eigenvalue weighted by Gasteiger charge is 2.35. The molecule has 0 saturated carbocycles. The molecule has 1 saturated heterocycles. The van der Waals surface area contributed by atoms with Gasteiger partial charge in [0.05, 0.1) is 11.4 Å². The average molecular weight is 550 g/mol. The number of rotatable bonds is 8. The van der Waals surface area contributed by atoms with Crippen LogP contribution in [0.5, 0.6) is 11.5 Å². The van der Waals surface area contributed by atoms with Gasteiger partial charge in [-0.05, 0) is 47.5 Å². The quantitative estimate of drug-likeness (QED) is 0.209. The molecular weight excluding hydrogens is 529 g/mol. The summed E-state index contributed by atoms with van der Waals surface area (Å²) in [5, 5.41) is 2.78. The number of benzene rings is 4. The fourth-order valence-corrected chi connectivity index (χ4v) is 5.25. The van der Waals surface area contributed by atoms with Crippen LogP contribution in [0.4, 0.5) is 4.79 Å². The minimum atomic E-state index is -0.355. The predicted molar refractivity (Wildman–Crippen MR) is 149 cm³/mol. The number of carbonyl (C=O) groups is 2. The lowest BCUT2D eigenvalue weighted by Gasteiger charge is -2.14. The van der Waals surface area contributed by atoms with Crippen molar-refractivity contribution in [1.29, 1.82) is 0 Å². The molecule has 5 rings (SSSR count). The molecule has 0 aliphatic carbocycles. The van der Waals surface area contributed by atoms with E-state index in [1.54, 1.807) is 30.3 Å². The molecule has 4 aromatic carbocycles. The largest absolute Gasteiger partial charge is 0.491 e. The van der Waals surface area contributed by atoms with Crippen LogP contribution < -0.4 is 9.47 Å². The second-order valence-corrected chi connectivity index (χ2v) is 10.1. The molecule has 1 heterocycles. The molecule has 0 radical (unpaired) electrons. The Kier molecular flexibility index (Phi) is 7.70. The van der Waals surface area contributed by atoms with E-state index in [1.807, 2.05) is 60.7 Å². The molecule has 0 N–H and O–H groups in total. The van der Waals surface area contributed by atoms with E-state index in [-0.39, 0.29) is 30.9 Å². The third-order valence-electron chi connectivity index (χ3n) is 5.80. The maximum atomic E-state index is 13.0. The molecule has 0 aromatic heterocycles. The van der Waals surface area contributed by atoms with Crippen molar-refractivity contribution in [2.75, 3.05) is 13.2 Å². The summed E-state index contributed by atoms with van der Waals surface area (Å²) in [6.45, 7) is 0.577. The zero-order valence-corrected chi connectivity index (χ0v) is 21.9. The summed E-state index contributed by atoms with van der Waals surface area (Å²) in [5.74, 6) is 0.930. The number of hydrogen-bond acceptors (Lipinski definition) is 5. The van der Waals surface area contributed by atoms with Gasteiger partial charge in [0.15, 0.2) is 0 Å². The third-order valence-corrected chi connectivity index (χ3v) is 7.29. The van der Waals surface area contributed by atoms with Gasteiger partial charge in [0.1, 0.15) is 24.7 Å². The number of para-hydroxylation sites is 1. The van der Waals surface area contributed by atoms with Crippen LogP contribution >= 0.6 is 35.0 Å². The summed E-state index contributed by atoms with van der Waals surface area (Å²) in [6, 6.07) is 26.2. The van der Waals surface area contributed by atoms with E-state index in [0.717, 1.165) is 28.1 Å². The van der Waals surface area contributed by atoms with Crippen LogP contribution in [0.3, 0.4) is 0 Å². The lowest BCUT2D eigenvalue weighted by molar-refractivity contribution is -0.123. The van der Waals surface area contributed by atoms with Crippen LogP contribution in [-0.4, -0.2) is 29.2 Å². The van der Waals surface area contributed by atoms with Crippen LogP contribution in [0.25, 0.3) is 16.8 Å². The average Bonchev–Trinajstić information content (AvgIpc) is 3.16. The number of ether oxygens (including phenoxy) is 2. The van der Waals surface area contributed by atoms with E-state index in [4.69, 9.17) is 32.7 Å². The Bertz CT molecular complexity index is 1520. The Morgan fingerprint density at radius 2 is 1.59 bits per heavy atom. The first kappa shape index (κ1) is 25.2. The van der Waals surface area contributed by atoms with Crippen LogP contribution in [0.15, 0.2) is 89.8 Å². The number of nitrogens with zero attached hydrogens (tertiary/aromatic N) is 1. The van der Waals surface area contributed by atoms with Gasteiger partial charge in [0.2, 0.25) is 0 Å². The number of amides is 2. The zero-order valence-electron chi connectivity index (χ0n) is 19.5. The number of fused-ring (bicyclic) bond motifs is 1. The first-order chi connectivity index (χ1) is 18.0. The highest BCUT2D eigenvalue weighted by molar-refractivity contribution is 8.18. The van der Waals surface area contributed by atoms with Crippen LogP contribution in [-0.2, 0) is 11.4 Å². The summed E-state index contributed by atoms with van der Waals surface area (Å²) >= 11 is 13.1. The topological polar surface area (TPSA) is 55.8 Å². The Balaban J connectivity index is 1.26. The first-order valence-corrected chi connectivity index (χ1v) is 13.1. The predicted octanol–water partition coefficient (Wildman–Crippen LogP) is 7.84. The van der Waals surface area contributed by atoms with E-state index in [1.165, 1.54) is 4.90 Å². The lowest BCUT2D eigenvalue weighted by Crippen LogP contribution is -2.32. The van der Waals surface area contributed by atoms with Crippen molar-refractivity contribution in [2.24, 2.45) is 0 Å². The first-order valence-electron chi connectivity index (χ1n) is 11.5. The molecule has 5 nitrogen and oxygen atoms in total. The van der Waals surface area contributed by atoms with Gasteiger partial charge in [-0.3, -0.25) is 14.5 Å². The summed E-state index contributed by atoms with van der Waals surface area (Å²) in [5.41, 5.74) is 1.47. The summed E-state index contributed by atoms with van der Waals surface area (Å²) in [4.78, 5) is 27.2. The summed E-state index contributed by atoms with van der Waals surface area (Å²) in [7, 11) is 0. The summed E-state index contributed by atoms with van der Waals surface area (Å²) < 4.78 is 11.9. The monoisotopic (exact) mass is 549 g/mol. The van der Waals surface area contributed by atoms with Crippen LogP contribution in [0.2, 0.25) is 10.0 Å². The number of carbonyl (C=O) groups excluding carboxylic acids is 2. The molecule has 2 amide bonds. The Morgan fingerprint density at radius 1 is 0.838 bits per heavy atom. The normalized spacial score (nSPS) is 14.5. The SMILES string of the molecule is O=C1S/C(=C\c2ccccc2OCc2ccc(Cl)cc2Cl)C(=O)N1CCOc1cccc2ccccc12. The van der Waals surface area contributed by atoms with Crippen molar-refractivity contribution >= 4 is 63.0 Å². The summed E-state index contributed by atoms with van der Waals surface area (Å²) in [6.07, 6.45) is 1.68. The molecule has 8 heteroatoms. The lowest BCUT2D eigenvalue weighted by atomic mass is 10.1. The smallest absolute Gasteiger partial charge is 0.293 e. The second kappa shape index (κ2) is 11.3. The van der Waals surface area contributed by atoms with Gasteiger partial charge in [-0.25, -0.2) is 0 Å². The Morgan fingerprint density at radius 3 is 2.46 bits per heavy atom. The van der Waals surface area contributed by atoms with Crippen LogP contribution in [0, 0.1) is 0 Å². The Hall–Kier alpha value is -3.45. The van der Waals surface area contributed by atoms with E-state index in [9.17, 15) is 9.59 Å². The molecule has 1 aliphatic heterocycles. The van der Waals surface area contributed by atoms with Gasteiger partial charge < -0.3 is 9.47 Å². The van der Waals surface area contributed by atoms with E-state index < -0.39 is 0 Å². The number of imide groups is 1. The molecule has 1 aliphatic rings. The van der Waals surface area contributed by atoms with E-state index >= 15 is 0 Å². The molecule has 0 spiro atoms. The second-order valence-electron chi connectivity index (χ2n) is 8.22. The van der Waals surface area contributed by atoms with Crippen molar-refractivity contribution in [3.8, 4) is 11.5 Å². The minimum absolute atomic E-state index is 0.151. The van der Waals surface area contributed by atoms with Crippen molar-refractivity contribution in [3.05, 3.63) is 111 Å². The van der Waals surface area contributed by atoms with Crippen molar-refractivity contribution in [3.63, 3.8) is 0 Å². The minimum Gasteiger partial charge on any atom is -0.491 e. The zero-order chi connectivity index (χ0) is 25.8. The van der Waals surface area contributed by atoms with Crippen molar-refractivity contribution < 1.29 is 19.1 Å². The van der Waals surface area contributed by atoms with Crippen molar-refractivity contribution in [1.82, 2.24) is 4.90 Å². The van der Waals surface area contributed by atoms with Gasteiger partial charge in [-0.2, -0.15) is 0 Å². The van der Waals surface area contributed by atoms with Gasteiger partial charge in [-0.15, -0.1) is 0 Å². The molecule has 37 heavy (non-hydrogen) atoms. The van der Waals surface area contributed by atoms with Crippen molar-refractivity contribution in [2.45, 2.75) is 6.61 Å². The maximum Gasteiger partial charge on any atom is 0.293 e. The fourth-order valence-electron chi connectivity index (χ4n) is 3.93. The molecule has 0 bridgehead atoms. The van der Waals surface area contributed by atoms with Gasteiger partial charge in [0.25, 0.3) is 11.1 Å². The van der Waals surface area contributed by atoms with E-state index in [0.29, 0.717) is 32.0 Å². The molecule has 186 valence electrons. The highest BCUT2D eigenvalue weighted by Crippen LogP contribution is 2.34. The van der Waals surface area contributed by atoms with Crippen LogP contribution in [0.1, 0.15) is 11.1 Å². The maximum absolute atomic E-state index is 13.0. The Labute approximate surface area is 228 Å². The fraction of sp³-hybridized carbons (Fsp3) is 0.103. The van der Waals surface area contributed by atoms with Gasteiger partial charge in [-0.1, -0.05) is 83.9 Å². The number of thioether (sulfide) groups is 1. The van der Waals surface area contributed by atoms with Gasteiger partial charge in [0, 0.05) is 26.6 Å². The molecule has 0 unspecified atom stereocenters. The molecule has 4 aromatic rings. The standard InChI is InChI=1S/C29H21Cl2NO4S/c30-22-13-12-21(24(31)17-22)18-36-25-10-4-2-7-20(25)16-27-28(33)32(29(34)37-27)14-15-35-26-11-5-8-19-6-1-3-9-23(19)26/h1-13,16-17H,14-15,18H2/b27-16-. The highest BCUT2D eigenvalue weighted by atomic mass is 35.5.